The highest BCUT2D eigenvalue weighted by molar-refractivity contribution is 7.09. The lowest BCUT2D eigenvalue weighted by Crippen LogP contribution is -2.42. The van der Waals surface area contributed by atoms with Crippen LogP contribution < -0.4 is 5.32 Å². The van der Waals surface area contributed by atoms with Gasteiger partial charge in [0.05, 0.1) is 18.2 Å². The minimum atomic E-state index is -0.102. The number of ether oxygens (including phenoxy) is 1. The van der Waals surface area contributed by atoms with Crippen molar-refractivity contribution in [1.82, 2.24) is 14.9 Å². The van der Waals surface area contributed by atoms with Crippen molar-refractivity contribution in [3.05, 3.63) is 39.9 Å². The van der Waals surface area contributed by atoms with Gasteiger partial charge in [0.2, 0.25) is 5.91 Å². The summed E-state index contributed by atoms with van der Waals surface area (Å²) in [5.41, 5.74) is 0. The number of nitrogens with zero attached hydrogens (tertiary/aromatic N) is 3. The second-order valence-corrected chi connectivity index (χ2v) is 6.24. The summed E-state index contributed by atoms with van der Waals surface area (Å²) in [6.45, 7) is 2.28. The molecule has 1 aliphatic rings. The molecule has 2 aromatic heterocycles. The zero-order valence-electron chi connectivity index (χ0n) is 11.7. The van der Waals surface area contributed by atoms with E-state index in [2.05, 4.69) is 20.2 Å². The SMILES string of the molecule is O=C(CN1CCO[C@H](c2nccs2)C1)Nc1ccc(Cl)cn1. The fourth-order valence-corrected chi connectivity index (χ4v) is 3.01. The normalized spacial score (nSPS) is 19.0. The van der Waals surface area contributed by atoms with Crippen molar-refractivity contribution < 1.29 is 9.53 Å². The standard InChI is InChI=1S/C14H15ClN4O2S/c15-10-1-2-12(17-7-10)18-13(20)9-19-4-5-21-11(8-19)14-16-3-6-22-14/h1-3,6-7,11H,4-5,8-9H2,(H,17,18,20)/t11-/m0/s1. The van der Waals surface area contributed by atoms with Crippen LogP contribution in [0, 0.1) is 0 Å². The van der Waals surface area contributed by atoms with Crippen molar-refractivity contribution in [1.29, 1.82) is 0 Å². The predicted molar refractivity (Wildman–Crippen MR) is 85.1 cm³/mol. The van der Waals surface area contributed by atoms with Gasteiger partial charge in [0.25, 0.3) is 0 Å². The Balaban J connectivity index is 1.53. The molecule has 1 atom stereocenters. The molecule has 1 amide bonds. The molecule has 1 saturated heterocycles. The summed E-state index contributed by atoms with van der Waals surface area (Å²) in [7, 11) is 0. The maximum atomic E-state index is 12.1. The van der Waals surface area contributed by atoms with Crippen molar-refractivity contribution in [2.75, 3.05) is 31.6 Å². The van der Waals surface area contributed by atoms with Crippen molar-refractivity contribution in [2.45, 2.75) is 6.10 Å². The Bertz CT molecular complexity index is 620. The number of amides is 1. The lowest BCUT2D eigenvalue weighted by molar-refractivity contribution is -0.119. The van der Waals surface area contributed by atoms with Gasteiger partial charge in [0, 0.05) is 30.9 Å². The van der Waals surface area contributed by atoms with Gasteiger partial charge in [-0.2, -0.15) is 0 Å². The number of morpholine rings is 1. The number of nitrogens with one attached hydrogen (secondary N) is 1. The van der Waals surface area contributed by atoms with Crippen LogP contribution in [0.25, 0.3) is 0 Å². The van der Waals surface area contributed by atoms with E-state index in [1.165, 1.54) is 6.20 Å². The number of carbonyl (C=O) groups excluding carboxylic acids is 1. The lowest BCUT2D eigenvalue weighted by Gasteiger charge is -2.31. The molecule has 3 rings (SSSR count). The van der Waals surface area contributed by atoms with Crippen molar-refractivity contribution in [3.8, 4) is 0 Å². The summed E-state index contributed by atoms with van der Waals surface area (Å²) in [6, 6.07) is 3.37. The molecule has 1 aliphatic heterocycles. The first-order valence-electron chi connectivity index (χ1n) is 6.85. The van der Waals surface area contributed by atoms with Gasteiger partial charge in [0.1, 0.15) is 16.9 Å². The number of aromatic nitrogens is 2. The summed E-state index contributed by atoms with van der Waals surface area (Å²) in [6.07, 6.45) is 3.21. The summed E-state index contributed by atoms with van der Waals surface area (Å²) in [5.74, 6) is 0.397. The topological polar surface area (TPSA) is 67.4 Å². The molecule has 8 heteroatoms. The quantitative estimate of drug-likeness (QED) is 0.925. The maximum Gasteiger partial charge on any atom is 0.239 e. The average Bonchev–Trinajstić information content (AvgIpc) is 3.04. The number of thiazole rings is 1. The minimum Gasteiger partial charge on any atom is -0.368 e. The Kier molecular flexibility index (Phi) is 4.99. The molecule has 0 bridgehead atoms. The van der Waals surface area contributed by atoms with Gasteiger partial charge in [0.15, 0.2) is 0 Å². The van der Waals surface area contributed by atoms with Crippen LogP contribution in [-0.4, -0.2) is 47.0 Å². The fourth-order valence-electron chi connectivity index (χ4n) is 2.22. The summed E-state index contributed by atoms with van der Waals surface area (Å²) in [4.78, 5) is 22.5. The Hall–Kier alpha value is -1.54. The van der Waals surface area contributed by atoms with Gasteiger partial charge in [-0.05, 0) is 12.1 Å². The van der Waals surface area contributed by atoms with Crippen LogP contribution in [0.4, 0.5) is 5.82 Å². The molecule has 3 heterocycles. The molecule has 0 radical (unpaired) electrons. The molecule has 2 aromatic rings. The van der Waals surface area contributed by atoms with E-state index in [9.17, 15) is 4.79 Å². The molecule has 1 fully saturated rings. The molecule has 0 saturated carbocycles. The van der Waals surface area contributed by atoms with E-state index >= 15 is 0 Å². The summed E-state index contributed by atoms with van der Waals surface area (Å²) < 4.78 is 5.71. The number of anilines is 1. The van der Waals surface area contributed by atoms with Gasteiger partial charge < -0.3 is 10.1 Å². The number of halogens is 1. The largest absolute Gasteiger partial charge is 0.368 e. The molecular formula is C14H15ClN4O2S. The van der Waals surface area contributed by atoms with E-state index in [1.807, 2.05) is 5.38 Å². The van der Waals surface area contributed by atoms with E-state index in [-0.39, 0.29) is 12.0 Å². The van der Waals surface area contributed by atoms with Gasteiger partial charge >= 0.3 is 0 Å². The highest BCUT2D eigenvalue weighted by Crippen LogP contribution is 2.23. The molecule has 0 aliphatic carbocycles. The predicted octanol–water partition coefficient (Wildman–Crippen LogP) is 2.20. The van der Waals surface area contributed by atoms with Gasteiger partial charge in [-0.15, -0.1) is 11.3 Å². The first-order valence-corrected chi connectivity index (χ1v) is 8.11. The smallest absolute Gasteiger partial charge is 0.239 e. The highest BCUT2D eigenvalue weighted by Gasteiger charge is 2.25. The van der Waals surface area contributed by atoms with Crippen LogP contribution >= 0.6 is 22.9 Å². The Labute approximate surface area is 137 Å². The van der Waals surface area contributed by atoms with Crippen molar-refractivity contribution in [2.24, 2.45) is 0 Å². The van der Waals surface area contributed by atoms with E-state index in [0.717, 1.165) is 11.6 Å². The monoisotopic (exact) mass is 338 g/mol. The van der Waals surface area contributed by atoms with Gasteiger partial charge in [-0.1, -0.05) is 11.6 Å². The second kappa shape index (κ2) is 7.15. The molecule has 116 valence electrons. The highest BCUT2D eigenvalue weighted by atomic mass is 35.5. The second-order valence-electron chi connectivity index (χ2n) is 4.87. The molecule has 0 aromatic carbocycles. The maximum absolute atomic E-state index is 12.1. The number of rotatable bonds is 4. The zero-order valence-corrected chi connectivity index (χ0v) is 13.3. The Morgan fingerprint density at radius 3 is 3.14 bits per heavy atom. The molecular weight excluding hydrogens is 324 g/mol. The summed E-state index contributed by atoms with van der Waals surface area (Å²) >= 11 is 7.33. The van der Waals surface area contributed by atoms with Crippen LogP contribution in [0.2, 0.25) is 5.02 Å². The first kappa shape index (κ1) is 15.4. The number of carbonyl (C=O) groups is 1. The van der Waals surface area contributed by atoms with E-state index in [4.69, 9.17) is 16.3 Å². The van der Waals surface area contributed by atoms with Crippen LogP contribution in [0.3, 0.4) is 0 Å². The van der Waals surface area contributed by atoms with E-state index in [0.29, 0.717) is 30.5 Å². The van der Waals surface area contributed by atoms with Crippen molar-refractivity contribution >= 4 is 34.7 Å². The first-order chi connectivity index (χ1) is 10.7. The number of hydrogen-bond donors (Lipinski definition) is 1. The molecule has 0 spiro atoms. The van der Waals surface area contributed by atoms with Gasteiger partial charge in [-0.25, -0.2) is 9.97 Å². The van der Waals surface area contributed by atoms with Crippen LogP contribution in [0.15, 0.2) is 29.9 Å². The molecule has 1 N–H and O–H groups in total. The zero-order chi connectivity index (χ0) is 15.4. The third kappa shape index (κ3) is 4.01. The van der Waals surface area contributed by atoms with E-state index in [1.54, 1.807) is 29.7 Å². The Morgan fingerprint density at radius 1 is 1.50 bits per heavy atom. The third-order valence-corrected chi connectivity index (χ3v) is 4.33. The average molecular weight is 339 g/mol. The van der Waals surface area contributed by atoms with Gasteiger partial charge in [-0.3, -0.25) is 9.69 Å². The van der Waals surface area contributed by atoms with E-state index < -0.39 is 0 Å². The number of pyridine rings is 1. The minimum absolute atomic E-state index is 0.0600. The number of hydrogen-bond acceptors (Lipinski definition) is 6. The third-order valence-electron chi connectivity index (χ3n) is 3.24. The molecule has 6 nitrogen and oxygen atoms in total. The molecule has 0 unspecified atom stereocenters. The lowest BCUT2D eigenvalue weighted by atomic mass is 10.2. The molecule has 22 heavy (non-hydrogen) atoms. The fraction of sp³-hybridized carbons (Fsp3) is 0.357. The van der Waals surface area contributed by atoms with Crippen molar-refractivity contribution in [3.63, 3.8) is 0 Å². The van der Waals surface area contributed by atoms with Crippen LogP contribution in [-0.2, 0) is 9.53 Å². The summed E-state index contributed by atoms with van der Waals surface area (Å²) in [5, 5.41) is 6.18. The van der Waals surface area contributed by atoms with Crippen LogP contribution in [0.1, 0.15) is 11.1 Å². The van der Waals surface area contributed by atoms with Crippen LogP contribution in [0.5, 0.6) is 0 Å². The Morgan fingerprint density at radius 2 is 2.41 bits per heavy atom.